The van der Waals surface area contributed by atoms with Gasteiger partial charge in [-0.05, 0) is 23.3 Å². The molecule has 0 spiro atoms. The number of hydrogen-bond donors (Lipinski definition) is 1. The Bertz CT molecular complexity index is 1030. The first-order chi connectivity index (χ1) is 13.9. The lowest BCUT2D eigenvalue weighted by Crippen LogP contribution is -2.45. The van der Waals surface area contributed by atoms with Gasteiger partial charge < -0.3 is 5.32 Å². The third-order valence-electron chi connectivity index (χ3n) is 4.89. The highest BCUT2D eigenvalue weighted by Crippen LogP contribution is 2.42. The van der Waals surface area contributed by atoms with E-state index in [1.54, 1.807) is 60.7 Å². The first-order valence-corrected chi connectivity index (χ1v) is 8.79. The quantitative estimate of drug-likeness (QED) is 0.652. The van der Waals surface area contributed by atoms with Gasteiger partial charge in [-0.3, -0.25) is 4.79 Å². The van der Waals surface area contributed by atoms with Crippen LogP contribution in [0.25, 0.3) is 0 Å². The smallest absolute Gasteiger partial charge is 0.315 e. The molecule has 0 unspecified atom stereocenters. The second kappa shape index (κ2) is 6.77. The third-order valence-corrected chi connectivity index (χ3v) is 4.89. The van der Waals surface area contributed by atoms with Crippen molar-refractivity contribution in [2.45, 2.75) is 11.7 Å². The average molecular weight is 396 g/mol. The highest BCUT2D eigenvalue weighted by molar-refractivity contribution is 6.25. The highest BCUT2D eigenvalue weighted by atomic mass is 19.4. The monoisotopic (exact) mass is 396 g/mol. The minimum Gasteiger partial charge on any atom is -0.315 e. The Morgan fingerprint density at radius 2 is 1.21 bits per heavy atom. The fourth-order valence-corrected chi connectivity index (χ4v) is 3.59. The molecule has 1 saturated heterocycles. The van der Waals surface area contributed by atoms with Crippen molar-refractivity contribution in [3.63, 3.8) is 0 Å². The number of carbonyl (C=O) groups is 2. The zero-order valence-electron chi connectivity index (χ0n) is 15.0. The maximum Gasteiger partial charge on any atom is 0.418 e. The first-order valence-electron chi connectivity index (χ1n) is 8.79. The van der Waals surface area contributed by atoms with Gasteiger partial charge in [-0.2, -0.15) is 13.2 Å². The number of alkyl halides is 3. The van der Waals surface area contributed by atoms with Crippen LogP contribution in [0.5, 0.6) is 0 Å². The second-order valence-electron chi connectivity index (χ2n) is 6.57. The van der Waals surface area contributed by atoms with Crippen LogP contribution in [0, 0.1) is 0 Å². The van der Waals surface area contributed by atoms with Crippen LogP contribution in [0.2, 0.25) is 0 Å². The lowest BCUT2D eigenvalue weighted by atomic mass is 9.82. The van der Waals surface area contributed by atoms with E-state index >= 15 is 0 Å². The zero-order chi connectivity index (χ0) is 20.6. The number of carbonyl (C=O) groups excluding carboxylic acids is 2. The summed E-state index contributed by atoms with van der Waals surface area (Å²) in [6.07, 6.45) is -4.72. The van der Waals surface area contributed by atoms with Crippen LogP contribution >= 0.6 is 0 Å². The van der Waals surface area contributed by atoms with Gasteiger partial charge in [0, 0.05) is 0 Å². The molecule has 0 saturated carbocycles. The standard InChI is InChI=1S/C22H15F3N2O2/c23-22(24,25)17-13-7-8-14-18(17)27-19(28)21(26-20(27)29,15-9-3-1-4-10-15)16-11-5-2-6-12-16/h1-14H,(H,26,29). The van der Waals surface area contributed by atoms with Gasteiger partial charge in [-0.15, -0.1) is 0 Å². The van der Waals surface area contributed by atoms with Crippen LogP contribution in [0.15, 0.2) is 84.9 Å². The van der Waals surface area contributed by atoms with E-state index in [-0.39, 0.29) is 0 Å². The van der Waals surface area contributed by atoms with E-state index < -0.39 is 34.9 Å². The molecule has 0 atom stereocenters. The van der Waals surface area contributed by atoms with Crippen molar-refractivity contribution in [3.8, 4) is 0 Å². The van der Waals surface area contributed by atoms with Crippen molar-refractivity contribution < 1.29 is 22.8 Å². The van der Waals surface area contributed by atoms with Gasteiger partial charge in [-0.25, -0.2) is 9.69 Å². The number of nitrogens with one attached hydrogen (secondary N) is 1. The van der Waals surface area contributed by atoms with Crippen molar-refractivity contribution in [3.05, 3.63) is 102 Å². The minimum atomic E-state index is -4.72. The van der Waals surface area contributed by atoms with Crippen LogP contribution < -0.4 is 10.2 Å². The van der Waals surface area contributed by atoms with E-state index in [9.17, 15) is 22.8 Å². The normalized spacial score (nSPS) is 16.0. The van der Waals surface area contributed by atoms with E-state index in [2.05, 4.69) is 5.32 Å². The molecule has 3 aromatic rings. The average Bonchev–Trinajstić information content (AvgIpc) is 3.00. The van der Waals surface area contributed by atoms with Crippen LogP contribution in [0.1, 0.15) is 16.7 Å². The molecular weight excluding hydrogens is 381 g/mol. The first kappa shape index (κ1) is 18.7. The van der Waals surface area contributed by atoms with Gasteiger partial charge >= 0.3 is 12.2 Å². The van der Waals surface area contributed by atoms with Crippen molar-refractivity contribution in [1.29, 1.82) is 0 Å². The molecule has 3 amide bonds. The summed E-state index contributed by atoms with van der Waals surface area (Å²) in [6.45, 7) is 0. The predicted molar refractivity (Wildman–Crippen MR) is 101 cm³/mol. The highest BCUT2D eigenvalue weighted by Gasteiger charge is 2.55. The van der Waals surface area contributed by atoms with Crippen molar-refractivity contribution in [2.24, 2.45) is 0 Å². The number of benzene rings is 3. The molecule has 1 fully saturated rings. The molecule has 4 rings (SSSR count). The van der Waals surface area contributed by atoms with Crippen LogP contribution in [0.4, 0.5) is 23.7 Å². The van der Waals surface area contributed by atoms with Crippen molar-refractivity contribution >= 4 is 17.6 Å². The number of imide groups is 1. The van der Waals surface area contributed by atoms with Crippen LogP contribution in [0.3, 0.4) is 0 Å². The van der Waals surface area contributed by atoms with Crippen molar-refractivity contribution in [2.75, 3.05) is 4.90 Å². The molecule has 146 valence electrons. The third kappa shape index (κ3) is 2.95. The van der Waals surface area contributed by atoms with Gasteiger partial charge in [0.15, 0.2) is 5.54 Å². The van der Waals surface area contributed by atoms with E-state index in [0.717, 1.165) is 12.1 Å². The summed E-state index contributed by atoms with van der Waals surface area (Å²) in [4.78, 5) is 27.0. The largest absolute Gasteiger partial charge is 0.418 e. The topological polar surface area (TPSA) is 49.4 Å². The minimum absolute atomic E-state index is 0.455. The molecule has 0 bridgehead atoms. The predicted octanol–water partition coefficient (Wildman–Crippen LogP) is 4.71. The summed E-state index contributed by atoms with van der Waals surface area (Å²) < 4.78 is 40.6. The number of rotatable bonds is 3. The number of amides is 3. The van der Waals surface area contributed by atoms with Gasteiger partial charge in [0.1, 0.15) is 0 Å². The number of urea groups is 1. The molecule has 1 heterocycles. The van der Waals surface area contributed by atoms with Gasteiger partial charge in [0.05, 0.1) is 11.3 Å². The number of hydrogen-bond acceptors (Lipinski definition) is 2. The maximum absolute atomic E-state index is 13.6. The summed E-state index contributed by atoms with van der Waals surface area (Å²) >= 11 is 0. The second-order valence-corrected chi connectivity index (χ2v) is 6.57. The van der Waals surface area contributed by atoms with Crippen LogP contribution in [-0.2, 0) is 16.5 Å². The zero-order valence-corrected chi connectivity index (χ0v) is 15.0. The van der Waals surface area contributed by atoms with E-state index in [4.69, 9.17) is 0 Å². The Kier molecular flexibility index (Phi) is 4.38. The lowest BCUT2D eigenvalue weighted by Gasteiger charge is -2.28. The van der Waals surface area contributed by atoms with E-state index in [1.807, 2.05) is 0 Å². The summed E-state index contributed by atoms with van der Waals surface area (Å²) in [5.74, 6) is -0.795. The molecule has 1 N–H and O–H groups in total. The number of halogens is 3. The van der Waals surface area contributed by atoms with Gasteiger partial charge in [0.2, 0.25) is 0 Å². The Morgan fingerprint density at radius 1 is 0.724 bits per heavy atom. The SMILES string of the molecule is O=C1NC(c2ccccc2)(c2ccccc2)C(=O)N1c1ccccc1C(F)(F)F. The molecule has 0 aromatic heterocycles. The van der Waals surface area contributed by atoms with Crippen molar-refractivity contribution in [1.82, 2.24) is 5.32 Å². The maximum atomic E-state index is 13.6. The fourth-order valence-electron chi connectivity index (χ4n) is 3.59. The Labute approximate surface area is 164 Å². The molecule has 7 heteroatoms. The number of anilines is 1. The molecule has 1 aliphatic heterocycles. The van der Waals surface area contributed by atoms with Gasteiger partial charge in [0.25, 0.3) is 5.91 Å². The molecule has 0 aliphatic carbocycles. The summed E-state index contributed by atoms with van der Waals surface area (Å²) in [5.41, 5.74) is -2.28. The fraction of sp³-hybridized carbons (Fsp3) is 0.0909. The van der Waals surface area contributed by atoms with E-state index in [0.29, 0.717) is 16.0 Å². The van der Waals surface area contributed by atoms with Crippen LogP contribution in [-0.4, -0.2) is 11.9 Å². The van der Waals surface area contributed by atoms with E-state index in [1.165, 1.54) is 12.1 Å². The Hall–Kier alpha value is -3.61. The molecule has 1 aliphatic rings. The molecule has 29 heavy (non-hydrogen) atoms. The lowest BCUT2D eigenvalue weighted by molar-refractivity contribution is -0.137. The summed E-state index contributed by atoms with van der Waals surface area (Å²) in [7, 11) is 0. The molecule has 0 radical (unpaired) electrons. The van der Waals surface area contributed by atoms with Gasteiger partial charge in [-0.1, -0.05) is 72.8 Å². The molecular formula is C22H15F3N2O2. The Balaban J connectivity index is 1.93. The summed E-state index contributed by atoms with van der Waals surface area (Å²) in [6, 6.07) is 20.5. The number of para-hydroxylation sites is 1. The number of nitrogens with zero attached hydrogens (tertiary/aromatic N) is 1. The Morgan fingerprint density at radius 3 is 1.72 bits per heavy atom. The molecule has 4 nitrogen and oxygen atoms in total. The molecule has 3 aromatic carbocycles. The summed E-state index contributed by atoms with van der Waals surface area (Å²) in [5, 5.41) is 2.65.